The summed E-state index contributed by atoms with van der Waals surface area (Å²) in [6.45, 7) is 11.4. The van der Waals surface area contributed by atoms with Crippen molar-refractivity contribution in [2.24, 2.45) is 0 Å². The van der Waals surface area contributed by atoms with Crippen LogP contribution in [0.5, 0.6) is 0 Å². The van der Waals surface area contributed by atoms with E-state index in [1.807, 2.05) is 23.6 Å². The van der Waals surface area contributed by atoms with E-state index >= 15 is 0 Å². The molecule has 1 fully saturated rings. The molecule has 1 saturated heterocycles. The molecule has 0 aliphatic carbocycles. The molecule has 27 heavy (non-hydrogen) atoms. The molecule has 1 atom stereocenters. The van der Waals surface area contributed by atoms with E-state index in [9.17, 15) is 4.79 Å². The maximum atomic E-state index is 13.3. The van der Waals surface area contributed by atoms with Gasteiger partial charge in [0, 0.05) is 26.2 Å². The SMILES string of the molecule is CCCC(c1nc2ccc(C)cc2c(=O)n1CCC)N1CCCN(C)CC1. The first-order valence-electron chi connectivity index (χ1n) is 10.5. The number of likely N-dealkylation sites (N-methyl/N-ethyl adjacent to an activating group) is 1. The Hall–Kier alpha value is -1.72. The van der Waals surface area contributed by atoms with Gasteiger partial charge in [-0.1, -0.05) is 31.9 Å². The molecule has 0 saturated carbocycles. The van der Waals surface area contributed by atoms with Gasteiger partial charge < -0.3 is 4.90 Å². The summed E-state index contributed by atoms with van der Waals surface area (Å²) in [6, 6.07) is 6.26. The molecule has 0 bridgehead atoms. The summed E-state index contributed by atoms with van der Waals surface area (Å²) in [4.78, 5) is 23.3. The zero-order valence-corrected chi connectivity index (χ0v) is 17.4. The number of hydrogen-bond donors (Lipinski definition) is 0. The molecule has 3 rings (SSSR count). The lowest BCUT2D eigenvalue weighted by Gasteiger charge is -2.31. The third-order valence-electron chi connectivity index (χ3n) is 5.64. The van der Waals surface area contributed by atoms with Gasteiger partial charge in [-0.15, -0.1) is 0 Å². The summed E-state index contributed by atoms with van der Waals surface area (Å²) >= 11 is 0. The smallest absolute Gasteiger partial charge is 0.261 e. The van der Waals surface area contributed by atoms with Crippen molar-refractivity contribution in [1.82, 2.24) is 19.4 Å². The molecular weight excluding hydrogens is 336 g/mol. The number of nitrogens with zero attached hydrogens (tertiary/aromatic N) is 4. The van der Waals surface area contributed by atoms with E-state index in [1.54, 1.807) is 0 Å². The molecule has 0 spiro atoms. The van der Waals surface area contributed by atoms with Gasteiger partial charge in [0.05, 0.1) is 16.9 Å². The second-order valence-corrected chi connectivity index (χ2v) is 7.94. The highest BCUT2D eigenvalue weighted by Gasteiger charge is 2.26. The van der Waals surface area contributed by atoms with E-state index in [-0.39, 0.29) is 11.6 Å². The van der Waals surface area contributed by atoms with Gasteiger partial charge in [-0.2, -0.15) is 0 Å². The molecule has 0 radical (unpaired) electrons. The van der Waals surface area contributed by atoms with Crippen molar-refractivity contribution in [2.45, 2.75) is 59.0 Å². The number of aromatic nitrogens is 2. The van der Waals surface area contributed by atoms with Gasteiger partial charge in [-0.3, -0.25) is 14.3 Å². The van der Waals surface area contributed by atoms with Crippen LogP contribution < -0.4 is 5.56 Å². The average molecular weight is 371 g/mol. The Labute approximate surface area is 163 Å². The molecule has 1 unspecified atom stereocenters. The largest absolute Gasteiger partial charge is 0.305 e. The summed E-state index contributed by atoms with van der Waals surface area (Å²) < 4.78 is 1.96. The summed E-state index contributed by atoms with van der Waals surface area (Å²) in [5.41, 5.74) is 2.06. The average Bonchev–Trinajstić information content (AvgIpc) is 2.87. The summed E-state index contributed by atoms with van der Waals surface area (Å²) in [5, 5.41) is 0.748. The highest BCUT2D eigenvalue weighted by atomic mass is 16.1. The highest BCUT2D eigenvalue weighted by molar-refractivity contribution is 5.78. The van der Waals surface area contributed by atoms with Crippen molar-refractivity contribution in [1.29, 1.82) is 0 Å². The normalized spacial score (nSPS) is 17.9. The van der Waals surface area contributed by atoms with Crippen LogP contribution in [0, 0.1) is 6.92 Å². The Bertz CT molecular complexity index is 829. The lowest BCUT2D eigenvalue weighted by Crippen LogP contribution is -2.37. The minimum atomic E-state index is 0.119. The fourth-order valence-electron chi connectivity index (χ4n) is 4.17. The lowest BCUT2D eigenvalue weighted by molar-refractivity contribution is 0.179. The van der Waals surface area contributed by atoms with Crippen molar-refractivity contribution in [3.8, 4) is 0 Å². The van der Waals surface area contributed by atoms with Gasteiger partial charge in [0.2, 0.25) is 0 Å². The minimum absolute atomic E-state index is 0.119. The molecule has 1 aliphatic heterocycles. The van der Waals surface area contributed by atoms with Crippen LogP contribution in [0.25, 0.3) is 10.9 Å². The second kappa shape index (κ2) is 8.98. The molecule has 148 valence electrons. The molecule has 1 aliphatic rings. The monoisotopic (exact) mass is 370 g/mol. The third-order valence-corrected chi connectivity index (χ3v) is 5.64. The van der Waals surface area contributed by atoms with E-state index in [0.29, 0.717) is 0 Å². The highest BCUT2D eigenvalue weighted by Crippen LogP contribution is 2.26. The third kappa shape index (κ3) is 4.41. The predicted molar refractivity (Wildman–Crippen MR) is 112 cm³/mol. The minimum Gasteiger partial charge on any atom is -0.305 e. The van der Waals surface area contributed by atoms with Gasteiger partial charge in [-0.05, 0) is 51.9 Å². The first kappa shape index (κ1) is 20.0. The lowest BCUT2D eigenvalue weighted by atomic mass is 10.1. The molecule has 1 aromatic heterocycles. The Kier molecular flexibility index (Phi) is 6.66. The standard InChI is InChI=1S/C22H34N4O/c1-5-8-20(25-13-7-12-24(4)14-15-25)21-23-19-10-9-17(3)16-18(19)22(27)26(21)11-6-2/h9-10,16,20H,5-8,11-15H2,1-4H3. The van der Waals surface area contributed by atoms with E-state index in [1.165, 1.54) is 6.42 Å². The molecule has 5 nitrogen and oxygen atoms in total. The molecule has 0 amide bonds. The number of aryl methyl sites for hydroxylation is 1. The van der Waals surface area contributed by atoms with Crippen LogP contribution in [0.3, 0.4) is 0 Å². The first-order valence-corrected chi connectivity index (χ1v) is 10.5. The van der Waals surface area contributed by atoms with Crippen LogP contribution in [0.1, 0.15) is 57.0 Å². The number of fused-ring (bicyclic) bond motifs is 1. The summed E-state index contributed by atoms with van der Waals surface area (Å²) in [5.74, 6) is 0.963. The molecular formula is C22H34N4O. The van der Waals surface area contributed by atoms with Crippen LogP contribution in [-0.4, -0.2) is 52.6 Å². The Balaban J connectivity index is 2.11. The van der Waals surface area contributed by atoms with E-state index in [2.05, 4.69) is 36.8 Å². The molecule has 2 aromatic rings. The summed E-state index contributed by atoms with van der Waals surface area (Å²) in [7, 11) is 2.20. The van der Waals surface area contributed by atoms with Crippen molar-refractivity contribution in [3.05, 3.63) is 39.9 Å². The molecule has 0 N–H and O–H groups in total. The Morgan fingerprint density at radius 1 is 1.11 bits per heavy atom. The maximum absolute atomic E-state index is 13.3. The van der Waals surface area contributed by atoms with Crippen molar-refractivity contribution >= 4 is 10.9 Å². The van der Waals surface area contributed by atoms with Crippen LogP contribution in [-0.2, 0) is 6.54 Å². The van der Waals surface area contributed by atoms with Crippen LogP contribution >= 0.6 is 0 Å². The van der Waals surface area contributed by atoms with E-state index in [4.69, 9.17) is 4.98 Å². The van der Waals surface area contributed by atoms with Crippen molar-refractivity contribution < 1.29 is 0 Å². The number of benzene rings is 1. The topological polar surface area (TPSA) is 41.4 Å². The van der Waals surface area contributed by atoms with E-state index < -0.39 is 0 Å². The van der Waals surface area contributed by atoms with Crippen molar-refractivity contribution in [2.75, 3.05) is 33.2 Å². The maximum Gasteiger partial charge on any atom is 0.261 e. The van der Waals surface area contributed by atoms with Crippen molar-refractivity contribution in [3.63, 3.8) is 0 Å². The first-order chi connectivity index (χ1) is 13.0. The fourth-order valence-corrected chi connectivity index (χ4v) is 4.17. The van der Waals surface area contributed by atoms with Gasteiger partial charge in [0.25, 0.3) is 5.56 Å². The molecule has 5 heteroatoms. The number of hydrogen-bond acceptors (Lipinski definition) is 4. The Morgan fingerprint density at radius 2 is 1.93 bits per heavy atom. The van der Waals surface area contributed by atoms with Crippen LogP contribution in [0.2, 0.25) is 0 Å². The van der Waals surface area contributed by atoms with Gasteiger partial charge >= 0.3 is 0 Å². The quantitative estimate of drug-likeness (QED) is 0.779. The molecule has 1 aromatic carbocycles. The Morgan fingerprint density at radius 3 is 2.67 bits per heavy atom. The zero-order valence-electron chi connectivity index (χ0n) is 17.4. The van der Waals surface area contributed by atoms with Crippen LogP contribution in [0.15, 0.2) is 23.0 Å². The predicted octanol–water partition coefficient (Wildman–Crippen LogP) is 3.59. The van der Waals surface area contributed by atoms with E-state index in [0.717, 1.165) is 74.3 Å². The molecule has 2 heterocycles. The van der Waals surface area contributed by atoms with Gasteiger partial charge in [-0.25, -0.2) is 4.98 Å². The fraction of sp³-hybridized carbons (Fsp3) is 0.636. The number of rotatable bonds is 6. The van der Waals surface area contributed by atoms with Gasteiger partial charge in [0.15, 0.2) is 0 Å². The second-order valence-electron chi connectivity index (χ2n) is 7.94. The van der Waals surface area contributed by atoms with Gasteiger partial charge in [0.1, 0.15) is 5.82 Å². The van der Waals surface area contributed by atoms with Crippen LogP contribution in [0.4, 0.5) is 0 Å². The summed E-state index contributed by atoms with van der Waals surface area (Å²) in [6.07, 6.45) is 4.23. The zero-order chi connectivity index (χ0) is 19.4.